The van der Waals surface area contributed by atoms with Gasteiger partial charge in [-0.1, -0.05) is 127 Å². The van der Waals surface area contributed by atoms with Crippen molar-refractivity contribution in [2.75, 3.05) is 4.90 Å². The fraction of sp³-hybridized carbons (Fsp3) is 0.136. The fourth-order valence-electron chi connectivity index (χ4n) is 7.19. The normalized spacial score (nSPS) is 21.4. The molecule has 4 aromatic carbocycles. The maximum absolute atomic E-state index is 2.58. The summed E-state index contributed by atoms with van der Waals surface area (Å²) >= 11 is 0. The molecule has 4 aliphatic carbocycles. The summed E-state index contributed by atoms with van der Waals surface area (Å²) < 4.78 is 0. The molecule has 0 spiro atoms. The van der Waals surface area contributed by atoms with E-state index in [1.165, 1.54) is 33.3 Å². The lowest BCUT2D eigenvalue weighted by Crippen LogP contribution is -2.34. The molecule has 2 nitrogen and oxygen atoms in total. The molecule has 0 saturated carbocycles. The first-order valence-electron chi connectivity index (χ1n) is 16.5. The zero-order valence-electron chi connectivity index (χ0n) is 26.0. The van der Waals surface area contributed by atoms with E-state index in [9.17, 15) is 0 Å². The second-order valence-corrected chi connectivity index (χ2v) is 12.5. The molecule has 8 rings (SSSR count). The third kappa shape index (κ3) is 5.63. The van der Waals surface area contributed by atoms with Gasteiger partial charge in [0, 0.05) is 40.3 Å². The molecule has 3 unspecified atom stereocenters. The van der Waals surface area contributed by atoms with E-state index >= 15 is 0 Å². The van der Waals surface area contributed by atoms with Crippen LogP contribution in [-0.2, 0) is 0 Å². The molecule has 4 aliphatic rings. The molecule has 4 aromatic rings. The minimum Gasteiger partial charge on any atom is -0.338 e. The summed E-state index contributed by atoms with van der Waals surface area (Å²) in [4.78, 5) is 4.93. The lowest BCUT2D eigenvalue weighted by Gasteiger charge is -2.38. The van der Waals surface area contributed by atoms with Gasteiger partial charge in [0.25, 0.3) is 0 Å². The molecule has 224 valence electrons. The lowest BCUT2D eigenvalue weighted by atomic mass is 9.83. The van der Waals surface area contributed by atoms with Gasteiger partial charge in [0.1, 0.15) is 0 Å². The lowest BCUT2D eigenvalue weighted by molar-refractivity contribution is 0.352. The Morgan fingerprint density at radius 3 is 2.09 bits per heavy atom. The molecule has 0 saturated heterocycles. The standard InChI is InChI=1S/C44H38N2/c1-3-15-39(16-4-1)45(43-29-23-33-11-7-9-13-37(33)31-43)41-25-19-35(20-26-41)36-21-27-42(28-22-36)46(40-17-5-2-6-18-40)44-30-24-34-12-8-10-14-38(34)32-44/h1-17,19-21,23-27,29-32,34,38,40H,18,22,28H2. The predicted octanol–water partition coefficient (Wildman–Crippen LogP) is 11.4. The molecular weight excluding hydrogens is 556 g/mol. The second-order valence-electron chi connectivity index (χ2n) is 12.5. The summed E-state index contributed by atoms with van der Waals surface area (Å²) in [5.74, 6) is 0.890. The van der Waals surface area contributed by atoms with Gasteiger partial charge in [0.2, 0.25) is 0 Å². The summed E-state index contributed by atoms with van der Waals surface area (Å²) in [6, 6.07) is 35.4. The van der Waals surface area contributed by atoms with Crippen molar-refractivity contribution in [2.24, 2.45) is 11.8 Å². The summed E-state index contributed by atoms with van der Waals surface area (Å²) in [7, 11) is 0. The third-order valence-corrected chi connectivity index (χ3v) is 9.58. The molecule has 0 amide bonds. The van der Waals surface area contributed by atoms with Crippen molar-refractivity contribution in [1.82, 2.24) is 4.90 Å². The largest absolute Gasteiger partial charge is 0.338 e. The Morgan fingerprint density at radius 1 is 0.565 bits per heavy atom. The Balaban J connectivity index is 1.09. The van der Waals surface area contributed by atoms with Crippen LogP contribution in [-0.4, -0.2) is 10.9 Å². The van der Waals surface area contributed by atoms with Crippen molar-refractivity contribution in [3.05, 3.63) is 193 Å². The molecule has 0 aliphatic heterocycles. The number of hydrogen-bond acceptors (Lipinski definition) is 2. The molecule has 2 heteroatoms. The van der Waals surface area contributed by atoms with Crippen LogP contribution in [0.25, 0.3) is 16.3 Å². The topological polar surface area (TPSA) is 6.48 Å². The molecule has 0 N–H and O–H groups in total. The van der Waals surface area contributed by atoms with Gasteiger partial charge in [0.15, 0.2) is 0 Å². The quantitative estimate of drug-likeness (QED) is 0.210. The van der Waals surface area contributed by atoms with E-state index in [1.807, 2.05) is 0 Å². The Morgan fingerprint density at radius 2 is 1.30 bits per heavy atom. The van der Waals surface area contributed by atoms with Crippen molar-refractivity contribution >= 4 is 33.4 Å². The molecular formula is C44H38N2. The highest BCUT2D eigenvalue weighted by Gasteiger charge is 2.27. The monoisotopic (exact) mass is 594 g/mol. The second kappa shape index (κ2) is 12.6. The number of rotatable bonds is 7. The van der Waals surface area contributed by atoms with Crippen LogP contribution in [0.3, 0.4) is 0 Å². The van der Waals surface area contributed by atoms with Crippen LogP contribution >= 0.6 is 0 Å². The first kappa shape index (κ1) is 28.2. The SMILES string of the molecule is C1=CCC(N(C2=CC3C=CC=CC3C=C2)C2=CC=C(c3ccc(N(c4ccccc4)c4ccc5ccccc5c4)cc3)CC2)C=C1. The smallest absolute Gasteiger partial charge is 0.0556 e. The Labute approximate surface area is 272 Å². The summed E-state index contributed by atoms with van der Waals surface area (Å²) in [6.45, 7) is 0. The van der Waals surface area contributed by atoms with E-state index < -0.39 is 0 Å². The molecule has 0 aromatic heterocycles. The Hall–Kier alpha value is -5.34. The maximum Gasteiger partial charge on any atom is 0.0556 e. The van der Waals surface area contributed by atoms with E-state index in [2.05, 4.69) is 186 Å². The van der Waals surface area contributed by atoms with Gasteiger partial charge in [-0.15, -0.1) is 0 Å². The minimum absolute atomic E-state index is 0.333. The molecule has 46 heavy (non-hydrogen) atoms. The van der Waals surface area contributed by atoms with E-state index in [-0.39, 0.29) is 0 Å². The van der Waals surface area contributed by atoms with Gasteiger partial charge < -0.3 is 9.80 Å². The number of allylic oxidation sites excluding steroid dienone is 13. The van der Waals surface area contributed by atoms with Crippen LogP contribution in [0.4, 0.5) is 17.1 Å². The van der Waals surface area contributed by atoms with Crippen molar-refractivity contribution in [1.29, 1.82) is 0 Å². The summed E-state index contributed by atoms with van der Waals surface area (Å²) in [5, 5.41) is 2.50. The number of hydrogen-bond donors (Lipinski definition) is 0. The van der Waals surface area contributed by atoms with Crippen LogP contribution < -0.4 is 4.90 Å². The highest BCUT2D eigenvalue weighted by atomic mass is 15.2. The highest BCUT2D eigenvalue weighted by molar-refractivity contribution is 5.89. The van der Waals surface area contributed by atoms with E-state index in [1.54, 1.807) is 0 Å². The van der Waals surface area contributed by atoms with Crippen molar-refractivity contribution in [2.45, 2.75) is 25.3 Å². The van der Waals surface area contributed by atoms with Gasteiger partial charge in [0.05, 0.1) is 6.04 Å². The van der Waals surface area contributed by atoms with Gasteiger partial charge in [-0.3, -0.25) is 0 Å². The Kier molecular flexibility index (Phi) is 7.70. The summed E-state index contributed by atoms with van der Waals surface area (Å²) in [5.41, 5.74) is 8.85. The molecule has 0 fully saturated rings. The van der Waals surface area contributed by atoms with E-state index in [0.29, 0.717) is 17.9 Å². The van der Waals surface area contributed by atoms with E-state index in [4.69, 9.17) is 0 Å². The van der Waals surface area contributed by atoms with Crippen LogP contribution in [0.15, 0.2) is 187 Å². The number of nitrogens with zero attached hydrogens (tertiary/aromatic N) is 2. The van der Waals surface area contributed by atoms with Crippen LogP contribution in [0, 0.1) is 11.8 Å². The first-order chi connectivity index (χ1) is 22.8. The van der Waals surface area contributed by atoms with Crippen molar-refractivity contribution in [3.63, 3.8) is 0 Å². The predicted molar refractivity (Wildman–Crippen MR) is 195 cm³/mol. The maximum atomic E-state index is 2.58. The number of anilines is 3. The van der Waals surface area contributed by atoms with Gasteiger partial charge >= 0.3 is 0 Å². The number of fused-ring (bicyclic) bond motifs is 2. The summed E-state index contributed by atoms with van der Waals surface area (Å²) in [6.07, 6.45) is 32.9. The first-order valence-corrected chi connectivity index (χ1v) is 16.5. The third-order valence-electron chi connectivity index (χ3n) is 9.58. The average molecular weight is 595 g/mol. The fourth-order valence-corrected chi connectivity index (χ4v) is 7.19. The average Bonchev–Trinajstić information content (AvgIpc) is 3.13. The zero-order valence-corrected chi connectivity index (χ0v) is 26.0. The van der Waals surface area contributed by atoms with Gasteiger partial charge in [-0.25, -0.2) is 0 Å². The molecule has 3 atom stereocenters. The number of benzene rings is 4. The zero-order chi connectivity index (χ0) is 30.7. The molecule has 0 bridgehead atoms. The van der Waals surface area contributed by atoms with E-state index in [0.717, 1.165) is 36.3 Å². The van der Waals surface area contributed by atoms with Crippen molar-refractivity contribution < 1.29 is 0 Å². The van der Waals surface area contributed by atoms with Gasteiger partial charge in [-0.2, -0.15) is 0 Å². The van der Waals surface area contributed by atoms with Crippen LogP contribution in [0.1, 0.15) is 24.8 Å². The van der Waals surface area contributed by atoms with Crippen LogP contribution in [0.5, 0.6) is 0 Å². The molecule has 0 radical (unpaired) electrons. The van der Waals surface area contributed by atoms with Crippen molar-refractivity contribution in [3.8, 4) is 0 Å². The Bertz CT molecular complexity index is 1980. The van der Waals surface area contributed by atoms with Gasteiger partial charge in [-0.05, 0) is 89.7 Å². The number of para-hydroxylation sites is 1. The van der Waals surface area contributed by atoms with Crippen LogP contribution in [0.2, 0.25) is 0 Å². The molecule has 0 heterocycles. The highest BCUT2D eigenvalue weighted by Crippen LogP contribution is 2.39. The minimum atomic E-state index is 0.333.